The molecule has 0 heterocycles. The van der Waals surface area contributed by atoms with Crippen molar-refractivity contribution in [2.45, 2.75) is 38.3 Å². The average molecular weight is 201 g/mol. The van der Waals surface area contributed by atoms with Gasteiger partial charge in [0.15, 0.2) is 0 Å². The van der Waals surface area contributed by atoms with Crippen molar-refractivity contribution in [3.05, 3.63) is 0 Å². The van der Waals surface area contributed by atoms with Crippen LogP contribution in [-0.4, -0.2) is 36.9 Å². The first-order valence-electron chi connectivity index (χ1n) is 5.13. The number of ether oxygens (including phenoxy) is 1. The second-order valence-electron chi connectivity index (χ2n) is 4.03. The third kappa shape index (κ3) is 2.96. The van der Waals surface area contributed by atoms with Crippen molar-refractivity contribution in [1.82, 2.24) is 5.32 Å². The summed E-state index contributed by atoms with van der Waals surface area (Å²) in [6.07, 6.45) is 3.46. The standard InChI is InChI=1S/C10H19NO3/c1-7-4-3-5-8(7)11-9(6-14-2)10(12)13/h7-9,11H,3-6H2,1-2H3,(H,12,13). The Kier molecular flexibility index (Phi) is 4.35. The van der Waals surface area contributed by atoms with Crippen LogP contribution in [0, 0.1) is 5.92 Å². The van der Waals surface area contributed by atoms with Crippen LogP contribution >= 0.6 is 0 Å². The number of aliphatic carboxylic acids is 1. The van der Waals surface area contributed by atoms with Crippen molar-refractivity contribution in [3.8, 4) is 0 Å². The quantitative estimate of drug-likeness (QED) is 0.692. The van der Waals surface area contributed by atoms with Gasteiger partial charge in [-0.3, -0.25) is 10.1 Å². The molecule has 0 saturated heterocycles. The second-order valence-corrected chi connectivity index (χ2v) is 4.03. The number of carboxylic acid groups (broad SMARTS) is 1. The molecule has 0 aromatic rings. The monoisotopic (exact) mass is 201 g/mol. The minimum absolute atomic E-state index is 0.235. The van der Waals surface area contributed by atoms with E-state index in [9.17, 15) is 4.79 Å². The lowest BCUT2D eigenvalue weighted by atomic mass is 10.1. The Morgan fingerprint density at radius 3 is 2.79 bits per heavy atom. The Morgan fingerprint density at radius 1 is 1.64 bits per heavy atom. The molecule has 14 heavy (non-hydrogen) atoms. The van der Waals surface area contributed by atoms with Crippen LogP contribution in [0.3, 0.4) is 0 Å². The topological polar surface area (TPSA) is 58.6 Å². The lowest BCUT2D eigenvalue weighted by Gasteiger charge is -2.22. The van der Waals surface area contributed by atoms with Gasteiger partial charge in [0.1, 0.15) is 6.04 Å². The van der Waals surface area contributed by atoms with E-state index in [4.69, 9.17) is 9.84 Å². The maximum Gasteiger partial charge on any atom is 0.323 e. The lowest BCUT2D eigenvalue weighted by Crippen LogP contribution is -2.46. The van der Waals surface area contributed by atoms with Gasteiger partial charge in [-0.25, -0.2) is 0 Å². The Hall–Kier alpha value is -0.610. The number of carboxylic acids is 1. The molecule has 0 spiro atoms. The molecule has 0 bridgehead atoms. The number of hydrogen-bond acceptors (Lipinski definition) is 3. The van der Waals surface area contributed by atoms with Gasteiger partial charge in [-0.05, 0) is 18.8 Å². The largest absolute Gasteiger partial charge is 0.480 e. The third-order valence-electron chi connectivity index (χ3n) is 2.91. The molecule has 4 heteroatoms. The van der Waals surface area contributed by atoms with E-state index in [1.54, 1.807) is 0 Å². The minimum Gasteiger partial charge on any atom is -0.480 e. The van der Waals surface area contributed by atoms with Crippen LogP contribution < -0.4 is 5.32 Å². The van der Waals surface area contributed by atoms with Crippen LogP contribution in [-0.2, 0) is 9.53 Å². The fraction of sp³-hybridized carbons (Fsp3) is 0.900. The van der Waals surface area contributed by atoms with Gasteiger partial charge in [0.05, 0.1) is 6.61 Å². The highest BCUT2D eigenvalue weighted by Gasteiger charge is 2.28. The highest BCUT2D eigenvalue weighted by Crippen LogP contribution is 2.25. The first kappa shape index (κ1) is 11.5. The van der Waals surface area contributed by atoms with Crippen molar-refractivity contribution in [1.29, 1.82) is 0 Å². The van der Waals surface area contributed by atoms with E-state index in [2.05, 4.69) is 12.2 Å². The van der Waals surface area contributed by atoms with Gasteiger partial charge in [0, 0.05) is 13.2 Å². The second kappa shape index (κ2) is 5.32. The summed E-state index contributed by atoms with van der Waals surface area (Å²) in [6, 6.07) is -0.225. The predicted octanol–water partition coefficient (Wildman–Crippen LogP) is 0.864. The van der Waals surface area contributed by atoms with Crippen molar-refractivity contribution in [2.75, 3.05) is 13.7 Å². The molecule has 0 aromatic carbocycles. The molecule has 1 fully saturated rings. The fourth-order valence-corrected chi connectivity index (χ4v) is 2.01. The molecular formula is C10H19NO3. The van der Waals surface area contributed by atoms with Crippen molar-refractivity contribution in [2.24, 2.45) is 5.92 Å². The molecule has 0 aromatic heterocycles. The van der Waals surface area contributed by atoms with Gasteiger partial charge in [-0.2, -0.15) is 0 Å². The number of hydrogen-bond donors (Lipinski definition) is 2. The van der Waals surface area contributed by atoms with Crippen LogP contribution in [0.5, 0.6) is 0 Å². The van der Waals surface area contributed by atoms with E-state index in [0.29, 0.717) is 12.0 Å². The number of nitrogens with one attached hydrogen (secondary N) is 1. The Bertz CT molecular complexity index is 196. The molecule has 3 unspecified atom stereocenters. The summed E-state index contributed by atoms with van der Waals surface area (Å²) in [7, 11) is 1.52. The SMILES string of the molecule is COCC(NC1CCCC1C)C(=O)O. The fourth-order valence-electron chi connectivity index (χ4n) is 2.01. The molecule has 0 radical (unpaired) electrons. The number of rotatable bonds is 5. The summed E-state index contributed by atoms with van der Waals surface area (Å²) >= 11 is 0. The van der Waals surface area contributed by atoms with Crippen LogP contribution in [0.1, 0.15) is 26.2 Å². The normalized spacial score (nSPS) is 29.0. The molecular weight excluding hydrogens is 182 g/mol. The van der Waals surface area contributed by atoms with Gasteiger partial charge in [-0.1, -0.05) is 13.3 Å². The molecule has 1 aliphatic rings. The van der Waals surface area contributed by atoms with E-state index in [0.717, 1.165) is 6.42 Å². The summed E-state index contributed by atoms with van der Waals surface area (Å²) in [5.74, 6) is -0.250. The summed E-state index contributed by atoms with van der Waals surface area (Å²) in [4.78, 5) is 10.8. The maximum atomic E-state index is 10.8. The van der Waals surface area contributed by atoms with Gasteiger partial charge in [0.25, 0.3) is 0 Å². The smallest absolute Gasteiger partial charge is 0.323 e. The Labute approximate surface area is 84.6 Å². The zero-order chi connectivity index (χ0) is 10.6. The van der Waals surface area contributed by atoms with E-state index >= 15 is 0 Å². The summed E-state index contributed by atoms with van der Waals surface area (Å²) < 4.78 is 4.87. The van der Waals surface area contributed by atoms with E-state index < -0.39 is 12.0 Å². The zero-order valence-electron chi connectivity index (χ0n) is 8.82. The molecule has 82 valence electrons. The van der Waals surface area contributed by atoms with Crippen molar-refractivity contribution in [3.63, 3.8) is 0 Å². The molecule has 1 aliphatic carbocycles. The summed E-state index contributed by atoms with van der Waals surface area (Å²) in [6.45, 7) is 2.40. The van der Waals surface area contributed by atoms with Crippen molar-refractivity contribution < 1.29 is 14.6 Å². The van der Waals surface area contributed by atoms with Gasteiger partial charge >= 0.3 is 5.97 Å². The molecule has 3 atom stereocenters. The molecule has 1 saturated carbocycles. The Morgan fingerprint density at radius 2 is 2.36 bits per heavy atom. The van der Waals surface area contributed by atoms with Crippen LogP contribution in [0.2, 0.25) is 0 Å². The van der Waals surface area contributed by atoms with Crippen molar-refractivity contribution >= 4 is 5.97 Å². The lowest BCUT2D eigenvalue weighted by molar-refractivity contribution is -0.141. The maximum absolute atomic E-state index is 10.8. The summed E-state index contributed by atoms with van der Waals surface area (Å²) in [5, 5.41) is 12.0. The molecule has 0 aliphatic heterocycles. The first-order valence-corrected chi connectivity index (χ1v) is 5.13. The van der Waals surface area contributed by atoms with Crippen LogP contribution in [0.4, 0.5) is 0 Å². The number of methoxy groups -OCH3 is 1. The highest BCUT2D eigenvalue weighted by atomic mass is 16.5. The minimum atomic E-state index is -0.828. The predicted molar refractivity (Wildman–Crippen MR) is 53.2 cm³/mol. The zero-order valence-corrected chi connectivity index (χ0v) is 8.82. The van der Waals surface area contributed by atoms with Gasteiger partial charge in [0.2, 0.25) is 0 Å². The third-order valence-corrected chi connectivity index (χ3v) is 2.91. The van der Waals surface area contributed by atoms with Gasteiger partial charge in [-0.15, -0.1) is 0 Å². The first-order chi connectivity index (χ1) is 6.65. The molecule has 4 nitrogen and oxygen atoms in total. The van der Waals surface area contributed by atoms with Gasteiger partial charge < -0.3 is 9.84 Å². The number of carbonyl (C=O) groups is 1. The Balaban J connectivity index is 2.41. The van der Waals surface area contributed by atoms with E-state index in [-0.39, 0.29) is 6.61 Å². The van der Waals surface area contributed by atoms with E-state index in [1.165, 1.54) is 20.0 Å². The highest BCUT2D eigenvalue weighted by molar-refractivity contribution is 5.73. The molecule has 1 rings (SSSR count). The van der Waals surface area contributed by atoms with Crippen LogP contribution in [0.25, 0.3) is 0 Å². The molecule has 2 N–H and O–H groups in total. The summed E-state index contributed by atoms with van der Waals surface area (Å²) in [5.41, 5.74) is 0. The molecule has 0 amide bonds. The van der Waals surface area contributed by atoms with E-state index in [1.807, 2.05) is 0 Å². The average Bonchev–Trinajstić information content (AvgIpc) is 2.51. The van der Waals surface area contributed by atoms with Crippen LogP contribution in [0.15, 0.2) is 0 Å².